The Bertz CT molecular complexity index is 1610. The van der Waals surface area contributed by atoms with Gasteiger partial charge in [-0.15, -0.1) is 12.4 Å². The van der Waals surface area contributed by atoms with Crippen LogP contribution < -0.4 is 11.1 Å². The molecule has 1 aliphatic rings. The van der Waals surface area contributed by atoms with Crippen LogP contribution in [0.15, 0.2) is 55.5 Å². The van der Waals surface area contributed by atoms with Crippen molar-refractivity contribution in [3.05, 3.63) is 99.9 Å². The minimum atomic E-state index is -1.27. The van der Waals surface area contributed by atoms with Crippen LogP contribution in [0, 0.1) is 6.92 Å². The van der Waals surface area contributed by atoms with Crippen molar-refractivity contribution in [2.45, 2.75) is 39.8 Å². The number of benzene rings is 1. The van der Waals surface area contributed by atoms with Gasteiger partial charge < -0.3 is 20.9 Å². The molecule has 3 aromatic heterocycles. The van der Waals surface area contributed by atoms with Gasteiger partial charge in [-0.05, 0) is 60.2 Å². The fourth-order valence-electron chi connectivity index (χ4n) is 4.35. The molecule has 4 N–H and O–H groups in total. The maximum Gasteiger partial charge on any atom is 0.354 e. The van der Waals surface area contributed by atoms with Crippen molar-refractivity contribution in [1.82, 2.24) is 29.9 Å². The third kappa shape index (κ3) is 7.46. The number of aromatic carboxylic acids is 1. The van der Waals surface area contributed by atoms with E-state index in [9.17, 15) is 19.5 Å². The van der Waals surface area contributed by atoms with E-state index in [1.165, 1.54) is 23.0 Å². The predicted octanol–water partition coefficient (Wildman–Crippen LogP) is 4.14. The van der Waals surface area contributed by atoms with Gasteiger partial charge in [0, 0.05) is 18.8 Å². The summed E-state index contributed by atoms with van der Waals surface area (Å²) in [6, 6.07) is 7.96. The number of carbonyl (C=O) groups excluding carboxylic acids is 2. The standard InChI is InChI=1S/C21H19N5O5.C6H7ClN2.CH4.ClH/c1-3-8-31-20(30)13-4-5-14-12(11(13)2)6-7-15(14)24-18(27)17-9-16(19(28)29)25-21-22-10-23-26(17)21;7-6-3-5(4-8)1-2-9-6;;/h3-5,9-10,15H,1,6-8H2,2H3,(H,24,27)(H,28,29);1-3H,4,8H2;1H4;1H/t15-;;;/m0.../s1. The highest BCUT2D eigenvalue weighted by Crippen LogP contribution is 2.35. The number of nitrogens with zero attached hydrogens (tertiary/aromatic N) is 5. The zero-order chi connectivity index (χ0) is 28.8. The molecule has 0 aliphatic heterocycles. The Morgan fingerprint density at radius 1 is 1.26 bits per heavy atom. The summed E-state index contributed by atoms with van der Waals surface area (Å²) in [6.07, 6.45) is 5.68. The smallest absolute Gasteiger partial charge is 0.354 e. The number of amides is 1. The van der Waals surface area contributed by atoms with Gasteiger partial charge in [0.05, 0.1) is 11.6 Å². The molecule has 1 atom stereocenters. The molecule has 1 amide bonds. The molecule has 0 saturated carbocycles. The number of halogens is 2. The second-order valence-electron chi connectivity index (χ2n) is 8.75. The van der Waals surface area contributed by atoms with Crippen LogP contribution in [-0.2, 0) is 17.7 Å². The van der Waals surface area contributed by atoms with Crippen molar-refractivity contribution < 1.29 is 24.2 Å². The van der Waals surface area contributed by atoms with Crippen molar-refractivity contribution in [2.75, 3.05) is 6.61 Å². The van der Waals surface area contributed by atoms with Gasteiger partial charge in [-0.1, -0.05) is 37.7 Å². The maximum atomic E-state index is 13.0. The maximum absolute atomic E-state index is 13.0. The molecule has 0 saturated heterocycles. The van der Waals surface area contributed by atoms with Crippen molar-refractivity contribution in [1.29, 1.82) is 0 Å². The van der Waals surface area contributed by atoms with E-state index in [1.807, 2.05) is 19.1 Å². The number of nitrogens with one attached hydrogen (secondary N) is 1. The average molecular weight is 617 g/mol. The highest BCUT2D eigenvalue weighted by Gasteiger charge is 2.29. The minimum absolute atomic E-state index is 0. The summed E-state index contributed by atoms with van der Waals surface area (Å²) in [4.78, 5) is 48.1. The molecule has 0 fully saturated rings. The van der Waals surface area contributed by atoms with Crippen molar-refractivity contribution in [3.63, 3.8) is 0 Å². The van der Waals surface area contributed by atoms with Gasteiger partial charge in [0.15, 0.2) is 5.69 Å². The summed E-state index contributed by atoms with van der Waals surface area (Å²) in [5, 5.41) is 16.7. The number of carboxylic acid groups (broad SMARTS) is 1. The number of esters is 1. The SMILES string of the molecule is C.C=CCOC(=O)c1ccc2c(c1C)CC[C@@H]2NC(=O)c1cc(C(=O)O)nc2ncnn12.Cl.NCc1ccnc(Cl)c1. The van der Waals surface area contributed by atoms with Crippen LogP contribution in [0.4, 0.5) is 0 Å². The monoisotopic (exact) mass is 615 g/mol. The largest absolute Gasteiger partial charge is 0.477 e. The summed E-state index contributed by atoms with van der Waals surface area (Å²) in [7, 11) is 0. The topological polar surface area (TPSA) is 175 Å². The molecule has 0 radical (unpaired) electrons. The first-order valence-corrected chi connectivity index (χ1v) is 12.6. The lowest BCUT2D eigenvalue weighted by molar-refractivity contribution is 0.0548. The molecule has 1 aromatic carbocycles. The predicted molar refractivity (Wildman–Crippen MR) is 159 cm³/mol. The molecule has 5 rings (SSSR count). The molecular formula is C28H31Cl2N7O5. The Hall–Kier alpha value is -4.39. The number of hydrogen-bond acceptors (Lipinski definition) is 9. The fourth-order valence-corrected chi connectivity index (χ4v) is 4.55. The highest BCUT2D eigenvalue weighted by molar-refractivity contribution is 6.29. The molecule has 12 nitrogen and oxygen atoms in total. The van der Waals surface area contributed by atoms with Crippen molar-refractivity contribution in [2.24, 2.45) is 5.73 Å². The Balaban J connectivity index is 0.000000482. The van der Waals surface area contributed by atoms with Gasteiger partial charge in [-0.3, -0.25) is 4.79 Å². The number of ether oxygens (including phenoxy) is 1. The quantitative estimate of drug-likeness (QED) is 0.155. The summed E-state index contributed by atoms with van der Waals surface area (Å²) in [5.74, 6) is -2.16. The molecular weight excluding hydrogens is 585 g/mol. The first-order chi connectivity index (χ1) is 19.2. The number of aromatic nitrogens is 5. The summed E-state index contributed by atoms with van der Waals surface area (Å²) in [6.45, 7) is 6.04. The van der Waals surface area contributed by atoms with Gasteiger partial charge >= 0.3 is 11.9 Å². The number of nitrogens with two attached hydrogens (primary N) is 1. The zero-order valence-electron chi connectivity index (χ0n) is 21.9. The van der Waals surface area contributed by atoms with Crippen LogP contribution >= 0.6 is 24.0 Å². The number of carbonyl (C=O) groups is 3. The molecule has 0 unspecified atom stereocenters. The van der Waals surface area contributed by atoms with Crippen molar-refractivity contribution >= 4 is 47.6 Å². The second kappa shape index (κ2) is 15.0. The first-order valence-electron chi connectivity index (χ1n) is 12.2. The van der Waals surface area contributed by atoms with Gasteiger partial charge in [0.25, 0.3) is 11.7 Å². The van der Waals surface area contributed by atoms with Crippen LogP contribution in [0.1, 0.15) is 73.5 Å². The lowest BCUT2D eigenvalue weighted by Crippen LogP contribution is -2.29. The minimum Gasteiger partial charge on any atom is -0.477 e. The number of hydrogen-bond donors (Lipinski definition) is 3. The third-order valence-corrected chi connectivity index (χ3v) is 6.49. The number of fused-ring (bicyclic) bond motifs is 2. The normalized spacial score (nSPS) is 13.0. The molecule has 3 heterocycles. The second-order valence-corrected chi connectivity index (χ2v) is 9.14. The van der Waals surface area contributed by atoms with Gasteiger partial charge in [0.1, 0.15) is 23.8 Å². The van der Waals surface area contributed by atoms with E-state index in [1.54, 1.807) is 18.3 Å². The van der Waals surface area contributed by atoms with Crippen LogP contribution in [-0.4, -0.2) is 54.1 Å². The Kier molecular flexibility index (Phi) is 12.1. The summed E-state index contributed by atoms with van der Waals surface area (Å²) < 4.78 is 6.33. The van der Waals surface area contributed by atoms with E-state index >= 15 is 0 Å². The lowest BCUT2D eigenvalue weighted by atomic mass is 9.98. The van der Waals surface area contributed by atoms with E-state index in [0.29, 0.717) is 30.1 Å². The molecule has 0 spiro atoms. The van der Waals surface area contributed by atoms with Gasteiger partial charge in [0.2, 0.25) is 0 Å². The highest BCUT2D eigenvalue weighted by atomic mass is 35.5. The fraction of sp³-hybridized carbons (Fsp3) is 0.250. The third-order valence-electron chi connectivity index (χ3n) is 6.28. The number of carboxylic acids is 1. The summed E-state index contributed by atoms with van der Waals surface area (Å²) in [5.41, 5.74) is 9.27. The Morgan fingerprint density at radius 2 is 2.02 bits per heavy atom. The lowest BCUT2D eigenvalue weighted by Gasteiger charge is -2.16. The molecule has 0 bridgehead atoms. The van der Waals surface area contributed by atoms with Crippen LogP contribution in [0.5, 0.6) is 0 Å². The Morgan fingerprint density at radius 3 is 2.67 bits per heavy atom. The van der Waals surface area contributed by atoms with E-state index in [-0.39, 0.29) is 49.6 Å². The summed E-state index contributed by atoms with van der Waals surface area (Å²) >= 11 is 5.56. The van der Waals surface area contributed by atoms with Gasteiger partial charge in [-0.2, -0.15) is 14.6 Å². The molecule has 42 heavy (non-hydrogen) atoms. The molecule has 14 heteroatoms. The molecule has 1 aliphatic carbocycles. The van der Waals surface area contributed by atoms with Gasteiger partial charge in [-0.25, -0.2) is 19.6 Å². The molecule has 222 valence electrons. The zero-order valence-corrected chi connectivity index (χ0v) is 23.5. The average Bonchev–Trinajstić information content (AvgIpc) is 3.59. The number of pyridine rings is 1. The van der Waals surface area contributed by atoms with Crippen LogP contribution in [0.3, 0.4) is 0 Å². The Labute approximate surface area is 253 Å². The van der Waals surface area contributed by atoms with Crippen molar-refractivity contribution in [3.8, 4) is 0 Å². The number of rotatable bonds is 7. The van der Waals surface area contributed by atoms with E-state index in [4.69, 9.17) is 22.1 Å². The van der Waals surface area contributed by atoms with Crippen LogP contribution in [0.25, 0.3) is 5.78 Å². The molecule has 4 aromatic rings. The van der Waals surface area contributed by atoms with Crippen LogP contribution in [0.2, 0.25) is 5.15 Å². The van der Waals surface area contributed by atoms with E-state index < -0.39 is 17.8 Å². The van der Waals surface area contributed by atoms with E-state index in [0.717, 1.165) is 22.3 Å². The van der Waals surface area contributed by atoms with E-state index in [2.05, 4.69) is 31.9 Å². The first kappa shape index (κ1) is 33.8.